The second kappa shape index (κ2) is 6.26. The number of guanidine groups is 1. The van der Waals surface area contributed by atoms with E-state index in [4.69, 9.17) is 0 Å². The van der Waals surface area contributed by atoms with Gasteiger partial charge in [-0.15, -0.1) is 0 Å². The molecule has 1 spiro atoms. The summed E-state index contributed by atoms with van der Waals surface area (Å²) in [6.45, 7) is 3.17. The summed E-state index contributed by atoms with van der Waals surface area (Å²) in [7, 11) is 1.80. The highest BCUT2D eigenvalue weighted by Crippen LogP contribution is 2.47. The maximum Gasteiger partial charge on any atom is 0.229 e. The van der Waals surface area contributed by atoms with Gasteiger partial charge in [0, 0.05) is 46.1 Å². The average molecular weight is 306 g/mol. The van der Waals surface area contributed by atoms with Gasteiger partial charge < -0.3 is 10.2 Å². The summed E-state index contributed by atoms with van der Waals surface area (Å²) in [5.74, 6) is 0.825. The Morgan fingerprint density at radius 1 is 1.18 bits per heavy atom. The Hall–Kier alpha value is -1.59. The van der Waals surface area contributed by atoms with Gasteiger partial charge in [-0.2, -0.15) is 0 Å². The maximum absolute atomic E-state index is 11.8. The number of amides is 2. The zero-order chi connectivity index (χ0) is 15.6. The lowest BCUT2D eigenvalue weighted by molar-refractivity contribution is -0.147. The van der Waals surface area contributed by atoms with Crippen molar-refractivity contribution in [1.29, 1.82) is 0 Å². The fourth-order valence-corrected chi connectivity index (χ4v) is 3.86. The van der Waals surface area contributed by atoms with Crippen molar-refractivity contribution in [3.05, 3.63) is 0 Å². The normalized spacial score (nSPS) is 24.9. The third kappa shape index (κ3) is 2.96. The van der Waals surface area contributed by atoms with Crippen LogP contribution in [0.4, 0.5) is 0 Å². The SMILES string of the molecule is CN=C(NCCN1C(=O)CCCC1=O)N1CCC2(CCC2)C1. The molecular formula is C16H26N4O2. The molecular weight excluding hydrogens is 280 g/mol. The van der Waals surface area contributed by atoms with Crippen molar-refractivity contribution in [2.24, 2.45) is 10.4 Å². The van der Waals surface area contributed by atoms with E-state index in [1.165, 1.54) is 30.6 Å². The van der Waals surface area contributed by atoms with Crippen LogP contribution in [0.2, 0.25) is 0 Å². The standard InChI is InChI=1S/C16H26N4O2/c1-17-15(19-10-8-16(12-19)6-3-7-16)18-9-11-20-13(21)4-2-5-14(20)22/h2-12H2,1H3,(H,17,18). The van der Waals surface area contributed by atoms with E-state index in [1.807, 2.05) is 0 Å². The lowest BCUT2D eigenvalue weighted by Crippen LogP contribution is -2.47. The molecule has 6 nitrogen and oxygen atoms in total. The van der Waals surface area contributed by atoms with E-state index in [0.29, 0.717) is 37.8 Å². The molecule has 0 radical (unpaired) electrons. The predicted molar refractivity (Wildman–Crippen MR) is 84.4 cm³/mol. The van der Waals surface area contributed by atoms with Gasteiger partial charge >= 0.3 is 0 Å². The Morgan fingerprint density at radius 2 is 1.91 bits per heavy atom. The summed E-state index contributed by atoms with van der Waals surface area (Å²) in [5, 5.41) is 3.32. The van der Waals surface area contributed by atoms with Gasteiger partial charge in [0.1, 0.15) is 0 Å². The van der Waals surface area contributed by atoms with Crippen LogP contribution in [-0.2, 0) is 9.59 Å². The monoisotopic (exact) mass is 306 g/mol. The molecule has 0 atom stereocenters. The maximum atomic E-state index is 11.8. The van der Waals surface area contributed by atoms with Gasteiger partial charge in [-0.3, -0.25) is 19.5 Å². The highest BCUT2D eigenvalue weighted by atomic mass is 16.2. The summed E-state index contributed by atoms with van der Waals surface area (Å²) >= 11 is 0. The first-order valence-corrected chi connectivity index (χ1v) is 8.42. The highest BCUT2D eigenvalue weighted by molar-refractivity contribution is 5.97. The topological polar surface area (TPSA) is 65.0 Å². The quantitative estimate of drug-likeness (QED) is 0.479. The molecule has 0 unspecified atom stereocenters. The molecule has 3 aliphatic rings. The second-order valence-electron chi connectivity index (χ2n) is 6.79. The Kier molecular flexibility index (Phi) is 4.36. The number of nitrogens with zero attached hydrogens (tertiary/aromatic N) is 3. The van der Waals surface area contributed by atoms with Crippen molar-refractivity contribution in [3.63, 3.8) is 0 Å². The third-order valence-electron chi connectivity index (χ3n) is 5.37. The molecule has 6 heteroatoms. The van der Waals surface area contributed by atoms with Crippen LogP contribution in [0.3, 0.4) is 0 Å². The minimum absolute atomic E-state index is 0.0392. The van der Waals surface area contributed by atoms with Gasteiger partial charge in [-0.05, 0) is 31.1 Å². The van der Waals surface area contributed by atoms with E-state index in [-0.39, 0.29) is 11.8 Å². The Bertz CT molecular complexity index is 469. The number of hydrogen-bond acceptors (Lipinski definition) is 3. The Labute approximate surface area is 131 Å². The van der Waals surface area contributed by atoms with Crippen molar-refractivity contribution in [2.75, 3.05) is 33.2 Å². The summed E-state index contributed by atoms with van der Waals surface area (Å²) in [6, 6.07) is 0. The number of aliphatic imine (C=N–C) groups is 1. The van der Waals surface area contributed by atoms with Crippen LogP contribution in [0.1, 0.15) is 44.9 Å². The molecule has 2 amide bonds. The number of hydrogen-bond donors (Lipinski definition) is 1. The lowest BCUT2D eigenvalue weighted by atomic mass is 9.68. The van der Waals surface area contributed by atoms with Crippen LogP contribution in [-0.4, -0.2) is 60.8 Å². The summed E-state index contributed by atoms with van der Waals surface area (Å²) in [4.78, 5) is 31.6. The molecule has 1 aliphatic carbocycles. The largest absolute Gasteiger partial charge is 0.354 e. The molecule has 2 heterocycles. The zero-order valence-electron chi connectivity index (χ0n) is 13.4. The van der Waals surface area contributed by atoms with Crippen molar-refractivity contribution in [2.45, 2.75) is 44.9 Å². The number of carbonyl (C=O) groups excluding carboxylic acids is 2. The first-order valence-electron chi connectivity index (χ1n) is 8.42. The van der Waals surface area contributed by atoms with Crippen LogP contribution in [0.5, 0.6) is 0 Å². The molecule has 1 N–H and O–H groups in total. The number of imide groups is 1. The Morgan fingerprint density at radius 3 is 2.45 bits per heavy atom. The molecule has 122 valence electrons. The molecule has 3 fully saturated rings. The van der Waals surface area contributed by atoms with E-state index < -0.39 is 0 Å². The molecule has 22 heavy (non-hydrogen) atoms. The molecule has 3 rings (SSSR count). The average Bonchev–Trinajstić information content (AvgIpc) is 2.92. The van der Waals surface area contributed by atoms with Gasteiger partial charge in [-0.1, -0.05) is 6.42 Å². The zero-order valence-corrected chi connectivity index (χ0v) is 13.4. The Balaban J connectivity index is 1.47. The smallest absolute Gasteiger partial charge is 0.229 e. The van der Waals surface area contributed by atoms with Gasteiger partial charge in [0.25, 0.3) is 0 Å². The van der Waals surface area contributed by atoms with Crippen molar-refractivity contribution < 1.29 is 9.59 Å². The van der Waals surface area contributed by atoms with E-state index in [0.717, 1.165) is 19.0 Å². The van der Waals surface area contributed by atoms with Crippen molar-refractivity contribution in [1.82, 2.24) is 15.1 Å². The number of rotatable bonds is 3. The van der Waals surface area contributed by atoms with E-state index >= 15 is 0 Å². The summed E-state index contributed by atoms with van der Waals surface area (Å²) in [5.41, 5.74) is 0.538. The van der Waals surface area contributed by atoms with Crippen LogP contribution >= 0.6 is 0 Å². The first-order chi connectivity index (χ1) is 10.6. The number of nitrogens with one attached hydrogen (secondary N) is 1. The molecule has 0 aromatic carbocycles. The lowest BCUT2D eigenvalue weighted by Gasteiger charge is -2.38. The van der Waals surface area contributed by atoms with E-state index in [9.17, 15) is 9.59 Å². The van der Waals surface area contributed by atoms with Crippen LogP contribution < -0.4 is 5.32 Å². The summed E-state index contributed by atoms with van der Waals surface area (Å²) in [6.07, 6.45) is 6.99. The van der Waals surface area contributed by atoms with Gasteiger partial charge in [0.15, 0.2) is 5.96 Å². The first kappa shape index (κ1) is 15.3. The summed E-state index contributed by atoms with van der Waals surface area (Å²) < 4.78 is 0. The molecule has 0 aromatic heterocycles. The predicted octanol–water partition coefficient (Wildman–Crippen LogP) is 0.977. The van der Waals surface area contributed by atoms with Gasteiger partial charge in [-0.25, -0.2) is 0 Å². The molecule has 0 bridgehead atoms. The molecule has 0 aromatic rings. The fourth-order valence-electron chi connectivity index (χ4n) is 3.86. The van der Waals surface area contributed by atoms with E-state index in [2.05, 4.69) is 15.2 Å². The van der Waals surface area contributed by atoms with E-state index in [1.54, 1.807) is 7.05 Å². The second-order valence-corrected chi connectivity index (χ2v) is 6.79. The third-order valence-corrected chi connectivity index (χ3v) is 5.37. The van der Waals surface area contributed by atoms with Gasteiger partial charge in [0.05, 0.1) is 0 Å². The fraction of sp³-hybridized carbons (Fsp3) is 0.812. The highest BCUT2D eigenvalue weighted by Gasteiger charge is 2.43. The van der Waals surface area contributed by atoms with Crippen molar-refractivity contribution in [3.8, 4) is 0 Å². The van der Waals surface area contributed by atoms with Crippen LogP contribution in [0, 0.1) is 5.41 Å². The molecule has 2 aliphatic heterocycles. The van der Waals surface area contributed by atoms with Gasteiger partial charge in [0.2, 0.25) is 11.8 Å². The number of piperidine rings is 1. The number of carbonyl (C=O) groups is 2. The minimum atomic E-state index is -0.0392. The number of likely N-dealkylation sites (tertiary alicyclic amines) is 2. The molecule has 2 saturated heterocycles. The van der Waals surface area contributed by atoms with Crippen molar-refractivity contribution >= 4 is 17.8 Å². The minimum Gasteiger partial charge on any atom is -0.354 e. The van der Waals surface area contributed by atoms with Crippen LogP contribution in [0.15, 0.2) is 4.99 Å². The van der Waals surface area contributed by atoms with Crippen LogP contribution in [0.25, 0.3) is 0 Å². The molecule has 1 saturated carbocycles.